The number of benzene rings is 1. The van der Waals surface area contributed by atoms with Gasteiger partial charge in [-0.05, 0) is 19.1 Å². The average Bonchev–Trinajstić information content (AvgIpc) is 2.28. The molecule has 0 unspecified atom stereocenters. The van der Waals surface area contributed by atoms with Crippen LogP contribution in [-0.2, 0) is 4.84 Å². The minimum absolute atomic E-state index is 0.287. The molecule has 0 aliphatic rings. The van der Waals surface area contributed by atoms with Crippen LogP contribution in [0.25, 0.3) is 0 Å². The molecule has 0 N–H and O–H groups in total. The Bertz CT molecular complexity index is 421. The van der Waals surface area contributed by atoms with Gasteiger partial charge in [0.2, 0.25) is 0 Å². The van der Waals surface area contributed by atoms with Crippen LogP contribution in [-0.4, -0.2) is 24.0 Å². The first-order chi connectivity index (χ1) is 8.46. The zero-order chi connectivity index (χ0) is 13.6. The van der Waals surface area contributed by atoms with E-state index in [1.165, 1.54) is 18.2 Å². The third-order valence-corrected chi connectivity index (χ3v) is 2.36. The van der Waals surface area contributed by atoms with Gasteiger partial charge in [-0.15, -0.1) is 13.2 Å². The Labute approximate surface area is 111 Å². The minimum Gasteiger partial charge on any atom is -0.406 e. The van der Waals surface area contributed by atoms with Crippen molar-refractivity contribution >= 4 is 21.6 Å². The van der Waals surface area contributed by atoms with Gasteiger partial charge in [0.15, 0.2) is 0 Å². The first-order valence-corrected chi connectivity index (χ1v) is 6.19. The Balaban J connectivity index is 2.93. The number of rotatable bonds is 5. The minimum atomic E-state index is -4.70. The molecule has 1 rings (SSSR count). The van der Waals surface area contributed by atoms with Gasteiger partial charge < -0.3 is 9.57 Å². The van der Waals surface area contributed by atoms with Gasteiger partial charge in [0, 0.05) is 10.9 Å². The van der Waals surface area contributed by atoms with Crippen molar-refractivity contribution in [3.8, 4) is 5.75 Å². The van der Waals surface area contributed by atoms with E-state index in [9.17, 15) is 13.2 Å². The standard InChI is InChI=1S/C11H11BrF3NO2/c1-2-17-16-10(7-12)8-4-3-5-9(6-8)18-11(13,14)15/h3-6H,2,7H2,1H3/b16-10+. The van der Waals surface area contributed by atoms with Gasteiger partial charge in [-0.25, -0.2) is 0 Å². The van der Waals surface area contributed by atoms with Gasteiger partial charge in [-0.1, -0.05) is 33.2 Å². The SMILES string of the molecule is CCO/N=C(\CBr)c1cccc(OC(F)(F)F)c1. The number of nitrogens with zero attached hydrogens (tertiary/aromatic N) is 1. The van der Waals surface area contributed by atoms with Crippen molar-refractivity contribution in [2.45, 2.75) is 13.3 Å². The van der Waals surface area contributed by atoms with Gasteiger partial charge in [-0.2, -0.15) is 0 Å². The zero-order valence-electron chi connectivity index (χ0n) is 9.50. The highest BCUT2D eigenvalue weighted by Crippen LogP contribution is 2.23. The summed E-state index contributed by atoms with van der Waals surface area (Å²) in [6.07, 6.45) is -4.70. The van der Waals surface area contributed by atoms with Crippen molar-refractivity contribution < 1.29 is 22.7 Å². The fourth-order valence-electron chi connectivity index (χ4n) is 1.17. The average molecular weight is 326 g/mol. The molecule has 0 saturated heterocycles. The number of ether oxygens (including phenoxy) is 1. The molecule has 1 aromatic rings. The first-order valence-electron chi connectivity index (χ1n) is 5.07. The summed E-state index contributed by atoms with van der Waals surface area (Å²) in [6, 6.07) is 5.57. The summed E-state index contributed by atoms with van der Waals surface area (Å²) in [5, 5.41) is 4.17. The van der Waals surface area contributed by atoms with Gasteiger partial charge >= 0.3 is 6.36 Å². The van der Waals surface area contributed by atoms with Crippen LogP contribution in [0.4, 0.5) is 13.2 Å². The third kappa shape index (κ3) is 4.95. The Morgan fingerprint density at radius 2 is 2.11 bits per heavy atom. The van der Waals surface area contributed by atoms with E-state index in [4.69, 9.17) is 4.84 Å². The van der Waals surface area contributed by atoms with Crippen molar-refractivity contribution in [3.63, 3.8) is 0 Å². The molecule has 1 aromatic carbocycles. The number of oxime groups is 1. The Morgan fingerprint density at radius 3 is 2.67 bits per heavy atom. The summed E-state index contributed by atoms with van der Waals surface area (Å²) in [6.45, 7) is 2.15. The monoisotopic (exact) mass is 325 g/mol. The fourth-order valence-corrected chi connectivity index (χ4v) is 1.60. The summed E-state index contributed by atoms with van der Waals surface area (Å²) in [4.78, 5) is 4.88. The maximum atomic E-state index is 12.1. The molecule has 0 atom stereocenters. The third-order valence-electron chi connectivity index (χ3n) is 1.83. The van der Waals surface area contributed by atoms with Crippen LogP contribution >= 0.6 is 15.9 Å². The number of hydrogen-bond donors (Lipinski definition) is 0. The number of halogens is 4. The summed E-state index contributed by atoms with van der Waals surface area (Å²) >= 11 is 3.19. The second kappa shape index (κ2) is 6.63. The molecule has 18 heavy (non-hydrogen) atoms. The normalized spacial score (nSPS) is 12.4. The van der Waals surface area contributed by atoms with E-state index >= 15 is 0 Å². The molecular weight excluding hydrogens is 315 g/mol. The lowest BCUT2D eigenvalue weighted by atomic mass is 10.1. The zero-order valence-corrected chi connectivity index (χ0v) is 11.1. The van der Waals surface area contributed by atoms with Crippen LogP contribution in [0, 0.1) is 0 Å². The van der Waals surface area contributed by atoms with E-state index in [0.717, 1.165) is 0 Å². The molecule has 0 radical (unpaired) electrons. The molecule has 0 aliphatic carbocycles. The Morgan fingerprint density at radius 1 is 1.39 bits per heavy atom. The van der Waals surface area contributed by atoms with Crippen LogP contribution in [0.1, 0.15) is 12.5 Å². The lowest BCUT2D eigenvalue weighted by molar-refractivity contribution is -0.274. The molecule has 0 heterocycles. The van der Waals surface area contributed by atoms with Crippen molar-refractivity contribution in [3.05, 3.63) is 29.8 Å². The van der Waals surface area contributed by atoms with E-state index in [1.807, 2.05) is 0 Å². The Hall–Kier alpha value is -1.24. The van der Waals surface area contributed by atoms with Crippen molar-refractivity contribution in [1.82, 2.24) is 0 Å². The van der Waals surface area contributed by atoms with E-state index in [1.54, 1.807) is 13.0 Å². The molecule has 0 bridgehead atoms. The molecule has 0 aliphatic heterocycles. The lowest BCUT2D eigenvalue weighted by Crippen LogP contribution is -2.17. The molecule has 0 amide bonds. The maximum absolute atomic E-state index is 12.1. The molecule has 0 spiro atoms. The lowest BCUT2D eigenvalue weighted by Gasteiger charge is -2.10. The highest BCUT2D eigenvalue weighted by molar-refractivity contribution is 9.09. The van der Waals surface area contributed by atoms with Crippen molar-refractivity contribution in [2.24, 2.45) is 5.16 Å². The van der Waals surface area contributed by atoms with E-state index in [-0.39, 0.29) is 5.75 Å². The second-order valence-corrected chi connectivity index (χ2v) is 3.73. The molecule has 7 heteroatoms. The largest absolute Gasteiger partial charge is 0.573 e. The molecule has 3 nitrogen and oxygen atoms in total. The van der Waals surface area contributed by atoms with Gasteiger partial charge in [0.25, 0.3) is 0 Å². The molecule has 0 fully saturated rings. The van der Waals surface area contributed by atoms with Gasteiger partial charge in [0.1, 0.15) is 12.4 Å². The van der Waals surface area contributed by atoms with Crippen molar-refractivity contribution in [1.29, 1.82) is 0 Å². The fraction of sp³-hybridized carbons (Fsp3) is 0.364. The molecular formula is C11H11BrF3NO2. The molecule has 100 valence electrons. The van der Waals surface area contributed by atoms with Crippen LogP contribution in [0.3, 0.4) is 0 Å². The van der Waals surface area contributed by atoms with Crippen LogP contribution < -0.4 is 4.74 Å². The molecule has 0 saturated carbocycles. The number of alkyl halides is 4. The summed E-state index contributed by atoms with van der Waals surface area (Å²) < 4.78 is 40.0. The van der Waals surface area contributed by atoms with E-state index < -0.39 is 6.36 Å². The van der Waals surface area contributed by atoms with Crippen molar-refractivity contribution in [2.75, 3.05) is 11.9 Å². The highest BCUT2D eigenvalue weighted by Gasteiger charge is 2.31. The Kier molecular flexibility index (Phi) is 5.46. The predicted molar refractivity (Wildman–Crippen MR) is 65.1 cm³/mol. The number of hydrogen-bond acceptors (Lipinski definition) is 3. The maximum Gasteiger partial charge on any atom is 0.573 e. The summed E-state index contributed by atoms with van der Waals surface area (Å²) in [5.74, 6) is -0.287. The van der Waals surface area contributed by atoms with Gasteiger partial charge in [-0.3, -0.25) is 0 Å². The molecule has 0 aromatic heterocycles. The predicted octanol–water partition coefficient (Wildman–Crippen LogP) is 3.72. The van der Waals surface area contributed by atoms with Gasteiger partial charge in [0.05, 0.1) is 5.71 Å². The quantitative estimate of drug-likeness (QED) is 0.469. The second-order valence-electron chi connectivity index (χ2n) is 3.17. The van der Waals surface area contributed by atoms with E-state index in [0.29, 0.717) is 23.2 Å². The van der Waals surface area contributed by atoms with Crippen LogP contribution in [0.5, 0.6) is 5.75 Å². The smallest absolute Gasteiger partial charge is 0.406 e. The summed E-state index contributed by atoms with van der Waals surface area (Å²) in [7, 11) is 0. The van der Waals surface area contributed by atoms with E-state index in [2.05, 4.69) is 25.8 Å². The summed E-state index contributed by atoms with van der Waals surface area (Å²) in [5.41, 5.74) is 0.992. The topological polar surface area (TPSA) is 30.8 Å². The first kappa shape index (κ1) is 14.8. The van der Waals surface area contributed by atoms with Crippen LogP contribution in [0.2, 0.25) is 0 Å². The highest BCUT2D eigenvalue weighted by atomic mass is 79.9. The van der Waals surface area contributed by atoms with Crippen LogP contribution in [0.15, 0.2) is 29.4 Å².